The lowest BCUT2D eigenvalue weighted by Gasteiger charge is -2.34. The number of anilines is 1. The second kappa shape index (κ2) is 5.08. The van der Waals surface area contributed by atoms with Crippen LogP contribution in [0.1, 0.15) is 25.8 Å². The van der Waals surface area contributed by atoms with Crippen LogP contribution >= 0.6 is 0 Å². The first kappa shape index (κ1) is 12.9. The number of fused-ring (bicyclic) bond motifs is 1. The Morgan fingerprint density at radius 2 is 2.00 bits per heavy atom. The number of amides is 1. The van der Waals surface area contributed by atoms with Gasteiger partial charge in [0.2, 0.25) is 5.91 Å². The molecular weight excluding hydrogens is 248 g/mol. The number of carbonyl (C=O) groups is 1. The minimum Gasteiger partial charge on any atom is -0.309 e. The molecule has 0 bridgehead atoms. The SMILES string of the molecule is CC(C)N1C(=O)CCc2cccc(-c3cccnc3)c21. The predicted octanol–water partition coefficient (Wildman–Crippen LogP) is 3.44. The smallest absolute Gasteiger partial charge is 0.227 e. The molecule has 3 nitrogen and oxygen atoms in total. The molecule has 0 fully saturated rings. The highest BCUT2D eigenvalue weighted by atomic mass is 16.2. The third kappa shape index (κ3) is 2.09. The average molecular weight is 266 g/mol. The molecule has 0 unspecified atom stereocenters. The van der Waals surface area contributed by atoms with Gasteiger partial charge in [-0.25, -0.2) is 0 Å². The van der Waals surface area contributed by atoms with Crippen LogP contribution in [0.5, 0.6) is 0 Å². The molecule has 102 valence electrons. The summed E-state index contributed by atoms with van der Waals surface area (Å²) in [6.07, 6.45) is 5.05. The van der Waals surface area contributed by atoms with Crippen LogP contribution in [0.2, 0.25) is 0 Å². The highest BCUT2D eigenvalue weighted by Gasteiger charge is 2.28. The molecule has 1 aliphatic heterocycles. The van der Waals surface area contributed by atoms with Crippen LogP contribution in [0.25, 0.3) is 11.1 Å². The second-order valence-electron chi connectivity index (χ2n) is 5.41. The number of pyridine rings is 1. The van der Waals surface area contributed by atoms with Crippen LogP contribution in [0.15, 0.2) is 42.7 Å². The first-order chi connectivity index (χ1) is 9.68. The fraction of sp³-hybridized carbons (Fsp3) is 0.294. The quantitative estimate of drug-likeness (QED) is 0.834. The van der Waals surface area contributed by atoms with Crippen molar-refractivity contribution in [3.63, 3.8) is 0 Å². The second-order valence-corrected chi connectivity index (χ2v) is 5.41. The summed E-state index contributed by atoms with van der Waals surface area (Å²) in [7, 11) is 0. The number of para-hydroxylation sites is 1. The molecule has 3 heteroatoms. The number of carbonyl (C=O) groups excluding carboxylic acids is 1. The van der Waals surface area contributed by atoms with E-state index in [1.165, 1.54) is 5.56 Å². The van der Waals surface area contributed by atoms with Crippen molar-refractivity contribution in [1.82, 2.24) is 4.98 Å². The molecule has 2 heterocycles. The zero-order chi connectivity index (χ0) is 14.1. The molecule has 1 amide bonds. The molecule has 0 saturated heterocycles. The average Bonchev–Trinajstić information content (AvgIpc) is 2.47. The van der Waals surface area contributed by atoms with Crippen molar-refractivity contribution in [1.29, 1.82) is 0 Å². The van der Waals surface area contributed by atoms with Gasteiger partial charge in [0.1, 0.15) is 0 Å². The first-order valence-electron chi connectivity index (χ1n) is 7.03. The summed E-state index contributed by atoms with van der Waals surface area (Å²) in [5.74, 6) is 0.212. The molecule has 3 rings (SSSR count). The summed E-state index contributed by atoms with van der Waals surface area (Å²) in [6, 6.07) is 10.4. The molecular formula is C17H18N2O. The van der Waals surface area contributed by atoms with Crippen LogP contribution in [0, 0.1) is 0 Å². The topological polar surface area (TPSA) is 33.2 Å². The zero-order valence-electron chi connectivity index (χ0n) is 11.8. The molecule has 1 aromatic heterocycles. The van der Waals surface area contributed by atoms with Gasteiger partial charge in [-0.15, -0.1) is 0 Å². The summed E-state index contributed by atoms with van der Waals surface area (Å²) in [5.41, 5.74) is 4.47. The highest BCUT2D eigenvalue weighted by molar-refractivity contribution is 6.01. The van der Waals surface area contributed by atoms with Gasteiger partial charge in [-0.3, -0.25) is 9.78 Å². The van der Waals surface area contributed by atoms with E-state index in [4.69, 9.17) is 0 Å². The number of benzene rings is 1. The van der Waals surface area contributed by atoms with Gasteiger partial charge in [0, 0.05) is 36.0 Å². The Balaban J connectivity index is 2.21. The summed E-state index contributed by atoms with van der Waals surface area (Å²) in [4.78, 5) is 18.4. The Morgan fingerprint density at radius 3 is 2.70 bits per heavy atom. The lowest BCUT2D eigenvalue weighted by atomic mass is 9.93. The molecule has 1 aliphatic rings. The molecule has 0 radical (unpaired) electrons. The summed E-state index contributed by atoms with van der Waals surface area (Å²) >= 11 is 0. The van der Waals surface area contributed by atoms with Gasteiger partial charge in [-0.05, 0) is 31.9 Å². The van der Waals surface area contributed by atoms with Crippen LogP contribution in [0.4, 0.5) is 5.69 Å². The Bertz CT molecular complexity index is 635. The lowest BCUT2D eigenvalue weighted by Crippen LogP contribution is -2.40. The largest absolute Gasteiger partial charge is 0.309 e. The number of aryl methyl sites for hydroxylation is 1. The molecule has 0 atom stereocenters. The monoisotopic (exact) mass is 266 g/mol. The third-order valence-corrected chi connectivity index (χ3v) is 3.73. The molecule has 1 aromatic carbocycles. The summed E-state index contributed by atoms with van der Waals surface area (Å²) in [5, 5.41) is 0. The van der Waals surface area contributed by atoms with E-state index >= 15 is 0 Å². The van der Waals surface area contributed by atoms with Gasteiger partial charge in [0.25, 0.3) is 0 Å². The fourth-order valence-electron chi connectivity index (χ4n) is 2.87. The van der Waals surface area contributed by atoms with E-state index in [0.29, 0.717) is 6.42 Å². The number of hydrogen-bond donors (Lipinski definition) is 0. The highest BCUT2D eigenvalue weighted by Crippen LogP contribution is 2.38. The van der Waals surface area contributed by atoms with Crippen molar-refractivity contribution >= 4 is 11.6 Å². The van der Waals surface area contributed by atoms with Gasteiger partial charge in [0.15, 0.2) is 0 Å². The summed E-state index contributed by atoms with van der Waals surface area (Å²) in [6.45, 7) is 4.13. The molecule has 0 saturated carbocycles. The van der Waals surface area contributed by atoms with E-state index in [2.05, 4.69) is 37.0 Å². The van der Waals surface area contributed by atoms with Gasteiger partial charge >= 0.3 is 0 Å². The molecule has 20 heavy (non-hydrogen) atoms. The van der Waals surface area contributed by atoms with Crippen molar-refractivity contribution < 1.29 is 4.79 Å². The van der Waals surface area contributed by atoms with Gasteiger partial charge < -0.3 is 4.90 Å². The normalized spacial score (nSPS) is 14.6. The minimum atomic E-state index is 0.166. The Morgan fingerprint density at radius 1 is 1.15 bits per heavy atom. The maximum absolute atomic E-state index is 12.3. The third-order valence-electron chi connectivity index (χ3n) is 3.73. The standard InChI is InChI=1S/C17H18N2O/c1-12(2)19-16(20)9-8-13-5-3-7-15(17(13)19)14-6-4-10-18-11-14/h3-7,10-12H,8-9H2,1-2H3. The van der Waals surface area contributed by atoms with E-state index < -0.39 is 0 Å². The fourth-order valence-corrected chi connectivity index (χ4v) is 2.87. The van der Waals surface area contributed by atoms with Crippen molar-refractivity contribution in [3.8, 4) is 11.1 Å². The van der Waals surface area contributed by atoms with Crippen molar-refractivity contribution in [3.05, 3.63) is 48.3 Å². The van der Waals surface area contributed by atoms with Gasteiger partial charge in [0.05, 0.1) is 5.69 Å². The minimum absolute atomic E-state index is 0.166. The van der Waals surface area contributed by atoms with E-state index in [9.17, 15) is 4.79 Å². The van der Waals surface area contributed by atoms with Crippen LogP contribution in [-0.4, -0.2) is 16.9 Å². The number of hydrogen-bond acceptors (Lipinski definition) is 2. The Labute approximate surface area is 119 Å². The van der Waals surface area contributed by atoms with Gasteiger partial charge in [-0.1, -0.05) is 24.3 Å². The van der Waals surface area contributed by atoms with Crippen LogP contribution < -0.4 is 4.90 Å². The van der Waals surface area contributed by atoms with E-state index in [-0.39, 0.29) is 11.9 Å². The molecule has 2 aromatic rings. The van der Waals surface area contributed by atoms with Crippen molar-refractivity contribution in [2.45, 2.75) is 32.7 Å². The van der Waals surface area contributed by atoms with Crippen molar-refractivity contribution in [2.75, 3.05) is 4.90 Å². The molecule has 0 N–H and O–H groups in total. The Kier molecular flexibility index (Phi) is 3.26. The van der Waals surface area contributed by atoms with Crippen LogP contribution in [-0.2, 0) is 11.2 Å². The number of nitrogens with zero attached hydrogens (tertiary/aromatic N) is 2. The molecule has 0 aliphatic carbocycles. The van der Waals surface area contributed by atoms with Crippen molar-refractivity contribution in [2.24, 2.45) is 0 Å². The number of aromatic nitrogens is 1. The number of rotatable bonds is 2. The summed E-state index contributed by atoms with van der Waals surface area (Å²) < 4.78 is 0. The van der Waals surface area contributed by atoms with Gasteiger partial charge in [-0.2, -0.15) is 0 Å². The first-order valence-corrected chi connectivity index (χ1v) is 7.03. The Hall–Kier alpha value is -2.16. The zero-order valence-corrected chi connectivity index (χ0v) is 11.8. The lowest BCUT2D eigenvalue weighted by molar-refractivity contribution is -0.119. The van der Waals surface area contributed by atoms with E-state index in [1.54, 1.807) is 6.20 Å². The molecule has 0 spiro atoms. The predicted molar refractivity (Wildman–Crippen MR) is 80.6 cm³/mol. The maximum Gasteiger partial charge on any atom is 0.227 e. The van der Waals surface area contributed by atoms with E-state index in [0.717, 1.165) is 23.2 Å². The maximum atomic E-state index is 12.3. The van der Waals surface area contributed by atoms with E-state index in [1.807, 2.05) is 23.2 Å². The van der Waals surface area contributed by atoms with Crippen LogP contribution in [0.3, 0.4) is 0 Å².